The van der Waals surface area contributed by atoms with E-state index in [1.807, 2.05) is 18.2 Å². The van der Waals surface area contributed by atoms with Gasteiger partial charge in [0.2, 0.25) is 0 Å². The lowest BCUT2D eigenvalue weighted by molar-refractivity contribution is 0.188. The molecule has 1 aromatic carbocycles. The van der Waals surface area contributed by atoms with E-state index < -0.39 is 0 Å². The van der Waals surface area contributed by atoms with Crippen LogP contribution in [0.15, 0.2) is 18.2 Å². The monoisotopic (exact) mass is 281 g/mol. The topological polar surface area (TPSA) is 39.7 Å². The van der Waals surface area contributed by atoms with E-state index in [2.05, 4.69) is 12.2 Å². The summed E-state index contributed by atoms with van der Waals surface area (Å²) in [5, 5.41) is 3.58. The molecule has 4 heteroatoms. The normalized spacial score (nSPS) is 12.2. The van der Waals surface area contributed by atoms with Crippen LogP contribution < -0.4 is 14.8 Å². The Bertz CT molecular complexity index is 360. The van der Waals surface area contributed by atoms with Gasteiger partial charge in [0.05, 0.1) is 19.8 Å². The fourth-order valence-electron chi connectivity index (χ4n) is 2.32. The van der Waals surface area contributed by atoms with Crippen LogP contribution in [0.5, 0.6) is 11.5 Å². The molecule has 0 radical (unpaired) electrons. The summed E-state index contributed by atoms with van der Waals surface area (Å²) in [4.78, 5) is 0. The highest BCUT2D eigenvalue weighted by Crippen LogP contribution is 2.36. The molecule has 0 aliphatic heterocycles. The number of nitrogens with one attached hydrogen (secondary N) is 1. The minimum absolute atomic E-state index is 0.219. The second kappa shape index (κ2) is 9.61. The second-order valence-corrected chi connectivity index (χ2v) is 4.72. The van der Waals surface area contributed by atoms with Gasteiger partial charge in [0.25, 0.3) is 0 Å². The third-order valence-corrected chi connectivity index (χ3v) is 3.30. The molecule has 1 N–H and O–H groups in total. The summed E-state index contributed by atoms with van der Waals surface area (Å²) < 4.78 is 16.2. The van der Waals surface area contributed by atoms with Gasteiger partial charge in [0.15, 0.2) is 0 Å². The maximum Gasteiger partial charge on any atom is 0.127 e. The zero-order valence-corrected chi connectivity index (χ0v) is 13.1. The van der Waals surface area contributed by atoms with Crippen LogP contribution in [0.4, 0.5) is 0 Å². The third-order valence-electron chi connectivity index (χ3n) is 3.30. The molecule has 0 saturated heterocycles. The number of rotatable bonds is 10. The fraction of sp³-hybridized carbons (Fsp3) is 0.625. The molecule has 0 saturated carbocycles. The van der Waals surface area contributed by atoms with Crippen LogP contribution >= 0.6 is 0 Å². The molecule has 1 rings (SSSR count). The van der Waals surface area contributed by atoms with E-state index in [1.54, 1.807) is 21.3 Å². The average Bonchev–Trinajstić information content (AvgIpc) is 2.50. The van der Waals surface area contributed by atoms with Crippen LogP contribution in [0.2, 0.25) is 0 Å². The second-order valence-electron chi connectivity index (χ2n) is 4.72. The maximum absolute atomic E-state index is 5.50. The van der Waals surface area contributed by atoms with E-state index in [0.717, 1.165) is 49.5 Å². The van der Waals surface area contributed by atoms with Gasteiger partial charge in [0.1, 0.15) is 11.5 Å². The van der Waals surface area contributed by atoms with Crippen molar-refractivity contribution in [2.24, 2.45) is 0 Å². The Balaban J connectivity index is 2.97. The number of ether oxygens (including phenoxy) is 3. The van der Waals surface area contributed by atoms with Gasteiger partial charge in [-0.05, 0) is 37.9 Å². The average molecular weight is 281 g/mol. The predicted octanol–water partition coefficient (Wildman–Crippen LogP) is 3.17. The van der Waals surface area contributed by atoms with Crippen molar-refractivity contribution in [3.63, 3.8) is 0 Å². The molecule has 20 heavy (non-hydrogen) atoms. The van der Waals surface area contributed by atoms with Crippen LogP contribution in [-0.4, -0.2) is 34.5 Å². The Morgan fingerprint density at radius 3 is 2.25 bits per heavy atom. The van der Waals surface area contributed by atoms with Crippen molar-refractivity contribution >= 4 is 0 Å². The van der Waals surface area contributed by atoms with E-state index >= 15 is 0 Å². The number of hydrogen-bond acceptors (Lipinski definition) is 4. The Labute approximate surface area is 122 Å². The largest absolute Gasteiger partial charge is 0.496 e. The molecule has 4 nitrogen and oxygen atoms in total. The molecule has 114 valence electrons. The van der Waals surface area contributed by atoms with E-state index in [1.165, 1.54) is 0 Å². The summed E-state index contributed by atoms with van der Waals surface area (Å²) in [6.07, 6.45) is 3.09. The van der Waals surface area contributed by atoms with Gasteiger partial charge < -0.3 is 19.5 Å². The van der Waals surface area contributed by atoms with Crippen LogP contribution in [0.3, 0.4) is 0 Å². The van der Waals surface area contributed by atoms with E-state index in [9.17, 15) is 0 Å². The molecule has 0 fully saturated rings. The summed E-state index contributed by atoms with van der Waals surface area (Å²) in [5.41, 5.74) is 1.10. The Hall–Kier alpha value is -1.26. The van der Waals surface area contributed by atoms with Crippen molar-refractivity contribution in [1.82, 2.24) is 5.32 Å². The van der Waals surface area contributed by atoms with E-state index in [0.29, 0.717) is 0 Å². The molecule has 0 amide bonds. The van der Waals surface area contributed by atoms with Crippen LogP contribution in [0.1, 0.15) is 37.8 Å². The van der Waals surface area contributed by atoms with Gasteiger partial charge >= 0.3 is 0 Å². The number of benzene rings is 1. The summed E-state index contributed by atoms with van der Waals surface area (Å²) in [7, 11) is 5.13. The lowest BCUT2D eigenvalue weighted by Gasteiger charge is -2.23. The van der Waals surface area contributed by atoms with Crippen molar-refractivity contribution in [3.8, 4) is 11.5 Å². The molecule has 0 aliphatic rings. The van der Waals surface area contributed by atoms with Gasteiger partial charge in [-0.15, -0.1) is 0 Å². The van der Waals surface area contributed by atoms with E-state index in [-0.39, 0.29) is 6.04 Å². The van der Waals surface area contributed by atoms with Gasteiger partial charge in [-0.1, -0.05) is 13.0 Å². The molecule has 0 heterocycles. The van der Waals surface area contributed by atoms with Crippen molar-refractivity contribution < 1.29 is 14.2 Å². The standard InChI is InChI=1S/C16H27NO3/c1-5-11-17-13(8-7-12-18-2)16-14(19-3)9-6-10-15(16)20-4/h6,9-10,13,17H,5,7-8,11-12H2,1-4H3. The van der Waals surface area contributed by atoms with Crippen molar-refractivity contribution in [2.75, 3.05) is 34.5 Å². The van der Waals surface area contributed by atoms with Gasteiger partial charge in [-0.25, -0.2) is 0 Å². The molecule has 0 bridgehead atoms. The summed E-state index contributed by atoms with van der Waals surface area (Å²) >= 11 is 0. The van der Waals surface area contributed by atoms with E-state index in [4.69, 9.17) is 14.2 Å². The number of hydrogen-bond donors (Lipinski definition) is 1. The first-order valence-electron chi connectivity index (χ1n) is 7.21. The first-order valence-corrected chi connectivity index (χ1v) is 7.21. The van der Waals surface area contributed by atoms with Crippen molar-refractivity contribution in [3.05, 3.63) is 23.8 Å². The fourth-order valence-corrected chi connectivity index (χ4v) is 2.32. The molecule has 0 aliphatic carbocycles. The smallest absolute Gasteiger partial charge is 0.127 e. The summed E-state index contributed by atoms with van der Waals surface area (Å²) in [6, 6.07) is 6.13. The first kappa shape index (κ1) is 16.8. The van der Waals surface area contributed by atoms with Crippen molar-refractivity contribution in [2.45, 2.75) is 32.2 Å². The SMILES string of the molecule is CCCNC(CCCOC)c1c(OC)cccc1OC. The quantitative estimate of drug-likeness (QED) is 0.669. The highest BCUT2D eigenvalue weighted by molar-refractivity contribution is 5.47. The molecule has 0 spiro atoms. The molecule has 1 atom stereocenters. The van der Waals surface area contributed by atoms with Crippen LogP contribution in [0.25, 0.3) is 0 Å². The minimum Gasteiger partial charge on any atom is -0.496 e. The Morgan fingerprint density at radius 2 is 1.75 bits per heavy atom. The molecule has 1 aromatic rings. The maximum atomic E-state index is 5.50. The van der Waals surface area contributed by atoms with Gasteiger partial charge in [-0.2, -0.15) is 0 Å². The molecular weight excluding hydrogens is 254 g/mol. The highest BCUT2D eigenvalue weighted by atomic mass is 16.5. The summed E-state index contributed by atoms with van der Waals surface area (Å²) in [6.45, 7) is 3.90. The number of methoxy groups -OCH3 is 3. The third kappa shape index (κ3) is 4.69. The zero-order valence-electron chi connectivity index (χ0n) is 13.1. The molecule has 0 aromatic heterocycles. The van der Waals surface area contributed by atoms with Crippen LogP contribution in [0, 0.1) is 0 Å². The lowest BCUT2D eigenvalue weighted by atomic mass is 9.99. The first-order chi connectivity index (χ1) is 9.78. The van der Waals surface area contributed by atoms with Gasteiger partial charge in [0, 0.05) is 19.8 Å². The Kier molecular flexibility index (Phi) is 8.07. The summed E-state index contributed by atoms with van der Waals surface area (Å²) in [5.74, 6) is 1.74. The van der Waals surface area contributed by atoms with Crippen molar-refractivity contribution in [1.29, 1.82) is 0 Å². The predicted molar refractivity (Wildman–Crippen MR) is 81.7 cm³/mol. The zero-order chi connectivity index (χ0) is 14.8. The highest BCUT2D eigenvalue weighted by Gasteiger charge is 2.20. The van der Waals surface area contributed by atoms with Gasteiger partial charge in [-0.3, -0.25) is 0 Å². The Morgan fingerprint density at radius 1 is 1.10 bits per heavy atom. The minimum atomic E-state index is 0.219. The lowest BCUT2D eigenvalue weighted by Crippen LogP contribution is -2.23. The van der Waals surface area contributed by atoms with Crippen LogP contribution in [-0.2, 0) is 4.74 Å². The molecular formula is C16H27NO3. The molecule has 1 unspecified atom stereocenters.